The molecule has 0 spiro atoms. The van der Waals surface area contributed by atoms with Gasteiger partial charge in [0.2, 0.25) is 5.95 Å². The van der Waals surface area contributed by atoms with Gasteiger partial charge in [-0.3, -0.25) is 4.79 Å². The van der Waals surface area contributed by atoms with Crippen LogP contribution in [0.1, 0.15) is 37.0 Å². The van der Waals surface area contributed by atoms with Gasteiger partial charge in [-0.1, -0.05) is 25.4 Å². The summed E-state index contributed by atoms with van der Waals surface area (Å²) in [4.78, 5) is 22.9. The second-order valence-electron chi connectivity index (χ2n) is 5.90. The number of carbonyl (C=O) groups excluding carboxylic acids is 1. The molecule has 0 radical (unpaired) electrons. The summed E-state index contributed by atoms with van der Waals surface area (Å²) < 4.78 is 10.6. The Hall–Kier alpha value is -2.54. The zero-order chi connectivity index (χ0) is 19.8. The average molecular weight is 393 g/mol. The van der Waals surface area contributed by atoms with Crippen LogP contribution in [0.5, 0.6) is 11.5 Å². The van der Waals surface area contributed by atoms with Crippen molar-refractivity contribution in [3.63, 3.8) is 0 Å². The van der Waals surface area contributed by atoms with Crippen LogP contribution in [0.25, 0.3) is 0 Å². The van der Waals surface area contributed by atoms with E-state index in [2.05, 4.69) is 15.3 Å². The van der Waals surface area contributed by atoms with E-state index in [0.717, 1.165) is 12.8 Å². The van der Waals surface area contributed by atoms with Gasteiger partial charge in [0, 0.05) is 37.6 Å². The number of benzene rings is 1. The van der Waals surface area contributed by atoms with Gasteiger partial charge in [-0.25, -0.2) is 9.97 Å². The van der Waals surface area contributed by atoms with E-state index < -0.39 is 0 Å². The van der Waals surface area contributed by atoms with Gasteiger partial charge in [-0.2, -0.15) is 0 Å². The molecule has 0 aliphatic heterocycles. The van der Waals surface area contributed by atoms with Gasteiger partial charge in [0.25, 0.3) is 5.91 Å². The van der Waals surface area contributed by atoms with E-state index in [1.165, 1.54) is 19.5 Å². The van der Waals surface area contributed by atoms with E-state index >= 15 is 0 Å². The Morgan fingerprint density at radius 1 is 1.07 bits per heavy atom. The van der Waals surface area contributed by atoms with Gasteiger partial charge < -0.3 is 19.7 Å². The summed E-state index contributed by atoms with van der Waals surface area (Å²) in [6, 6.07) is 3.35. The highest BCUT2D eigenvalue weighted by molar-refractivity contribution is 6.32. The summed E-state index contributed by atoms with van der Waals surface area (Å²) in [5, 5.41) is 3.50. The maximum Gasteiger partial charge on any atom is 0.256 e. The minimum Gasteiger partial charge on any atom is -0.495 e. The van der Waals surface area contributed by atoms with Crippen molar-refractivity contribution in [1.29, 1.82) is 0 Å². The normalized spacial score (nSPS) is 10.4. The van der Waals surface area contributed by atoms with Gasteiger partial charge in [0.1, 0.15) is 11.5 Å². The SMILES string of the molecule is CCCN(CCC)C(=O)c1cnc(Nc2cc(OC)c(Cl)cc2OC)nc1. The third-order valence-electron chi connectivity index (χ3n) is 3.89. The third kappa shape index (κ3) is 5.23. The molecule has 1 aromatic heterocycles. The predicted molar refractivity (Wildman–Crippen MR) is 106 cm³/mol. The lowest BCUT2D eigenvalue weighted by atomic mass is 10.2. The van der Waals surface area contributed by atoms with Crippen molar-refractivity contribution < 1.29 is 14.3 Å². The Bertz CT molecular complexity index is 762. The molecule has 0 atom stereocenters. The third-order valence-corrected chi connectivity index (χ3v) is 4.19. The number of anilines is 2. The summed E-state index contributed by atoms with van der Waals surface area (Å²) in [5.41, 5.74) is 1.07. The molecule has 1 aromatic carbocycles. The number of hydrogen-bond acceptors (Lipinski definition) is 6. The quantitative estimate of drug-likeness (QED) is 0.690. The second-order valence-corrected chi connectivity index (χ2v) is 6.31. The Balaban J connectivity index is 2.19. The molecule has 0 saturated heterocycles. The Labute approximate surface area is 164 Å². The van der Waals surface area contributed by atoms with Crippen LogP contribution in [0.3, 0.4) is 0 Å². The summed E-state index contributed by atoms with van der Waals surface area (Å²) >= 11 is 6.11. The highest BCUT2D eigenvalue weighted by atomic mass is 35.5. The number of amides is 1. The van der Waals surface area contributed by atoms with E-state index in [9.17, 15) is 4.79 Å². The lowest BCUT2D eigenvalue weighted by Gasteiger charge is -2.21. The molecule has 2 rings (SSSR count). The van der Waals surface area contributed by atoms with Crippen molar-refractivity contribution in [2.75, 3.05) is 32.6 Å². The maximum absolute atomic E-state index is 12.6. The molecule has 0 aliphatic rings. The van der Waals surface area contributed by atoms with E-state index in [1.54, 1.807) is 19.2 Å². The van der Waals surface area contributed by atoms with Gasteiger partial charge in [0.15, 0.2) is 0 Å². The zero-order valence-corrected chi connectivity index (χ0v) is 16.8. The number of nitrogens with one attached hydrogen (secondary N) is 1. The molecule has 0 bridgehead atoms. The first-order chi connectivity index (χ1) is 13.0. The molecular formula is C19H25ClN4O3. The van der Waals surface area contributed by atoms with Gasteiger partial charge in [-0.05, 0) is 12.8 Å². The van der Waals surface area contributed by atoms with Crippen LogP contribution in [-0.4, -0.2) is 48.1 Å². The molecule has 146 valence electrons. The number of hydrogen-bond donors (Lipinski definition) is 1. The molecule has 0 unspecified atom stereocenters. The molecule has 0 fully saturated rings. The Kier molecular flexibility index (Phi) is 7.67. The van der Waals surface area contributed by atoms with E-state index in [1.807, 2.05) is 18.7 Å². The van der Waals surface area contributed by atoms with Crippen LogP contribution < -0.4 is 14.8 Å². The first-order valence-electron chi connectivity index (χ1n) is 8.83. The van der Waals surface area contributed by atoms with Crippen LogP contribution in [0.2, 0.25) is 5.02 Å². The predicted octanol–water partition coefficient (Wildman–Crippen LogP) is 4.15. The lowest BCUT2D eigenvalue weighted by molar-refractivity contribution is 0.0754. The molecule has 0 saturated carbocycles. The molecule has 7 nitrogen and oxygen atoms in total. The number of methoxy groups -OCH3 is 2. The first-order valence-corrected chi connectivity index (χ1v) is 9.21. The average Bonchev–Trinajstić information content (AvgIpc) is 2.68. The Morgan fingerprint density at radius 3 is 2.19 bits per heavy atom. The summed E-state index contributed by atoms with van der Waals surface area (Å²) in [7, 11) is 3.08. The number of nitrogens with zero attached hydrogens (tertiary/aromatic N) is 3. The summed E-state index contributed by atoms with van der Waals surface area (Å²) in [6.45, 7) is 5.53. The van der Waals surface area contributed by atoms with Crippen molar-refractivity contribution in [3.8, 4) is 11.5 Å². The van der Waals surface area contributed by atoms with Crippen molar-refractivity contribution in [3.05, 3.63) is 35.1 Å². The fraction of sp³-hybridized carbons (Fsp3) is 0.421. The van der Waals surface area contributed by atoms with E-state index in [4.69, 9.17) is 21.1 Å². The highest BCUT2D eigenvalue weighted by Gasteiger charge is 2.16. The topological polar surface area (TPSA) is 76.6 Å². The highest BCUT2D eigenvalue weighted by Crippen LogP contribution is 2.36. The summed E-state index contributed by atoms with van der Waals surface area (Å²) in [6.07, 6.45) is 4.86. The fourth-order valence-electron chi connectivity index (χ4n) is 2.62. The minimum atomic E-state index is -0.0593. The fourth-order valence-corrected chi connectivity index (χ4v) is 2.85. The van der Waals surface area contributed by atoms with E-state index in [0.29, 0.717) is 46.8 Å². The molecule has 0 aliphatic carbocycles. The molecular weight excluding hydrogens is 368 g/mol. The smallest absolute Gasteiger partial charge is 0.256 e. The standard InChI is InChI=1S/C19H25ClN4O3/c1-5-7-24(8-6-2)18(25)13-11-21-19(22-12-13)23-15-10-16(26-3)14(20)9-17(15)27-4/h9-12H,5-8H2,1-4H3,(H,21,22,23). The van der Waals surface area contributed by atoms with Crippen molar-refractivity contribution in [2.45, 2.75) is 26.7 Å². The number of aromatic nitrogens is 2. The molecule has 2 aromatic rings. The monoisotopic (exact) mass is 392 g/mol. The van der Waals surface area contributed by atoms with Gasteiger partial charge >= 0.3 is 0 Å². The molecule has 1 N–H and O–H groups in total. The lowest BCUT2D eigenvalue weighted by Crippen LogP contribution is -2.32. The van der Waals surface area contributed by atoms with Crippen LogP contribution >= 0.6 is 11.6 Å². The van der Waals surface area contributed by atoms with E-state index in [-0.39, 0.29) is 5.91 Å². The van der Waals surface area contributed by atoms with Gasteiger partial charge in [-0.15, -0.1) is 0 Å². The maximum atomic E-state index is 12.6. The second kappa shape index (κ2) is 9.97. The number of rotatable bonds is 9. The number of ether oxygens (including phenoxy) is 2. The van der Waals surface area contributed by atoms with Crippen LogP contribution in [0.15, 0.2) is 24.5 Å². The van der Waals surface area contributed by atoms with Crippen molar-refractivity contribution in [2.24, 2.45) is 0 Å². The Morgan fingerprint density at radius 2 is 1.67 bits per heavy atom. The molecule has 8 heteroatoms. The first kappa shape index (κ1) is 20.8. The van der Waals surface area contributed by atoms with Gasteiger partial charge in [0.05, 0.1) is 30.5 Å². The van der Waals surface area contributed by atoms with Crippen LogP contribution in [-0.2, 0) is 0 Å². The minimum absolute atomic E-state index is 0.0593. The van der Waals surface area contributed by atoms with Crippen molar-refractivity contribution >= 4 is 29.1 Å². The van der Waals surface area contributed by atoms with Crippen molar-refractivity contribution in [1.82, 2.24) is 14.9 Å². The number of carbonyl (C=O) groups is 1. The zero-order valence-electron chi connectivity index (χ0n) is 16.1. The largest absolute Gasteiger partial charge is 0.495 e. The number of halogens is 1. The summed E-state index contributed by atoms with van der Waals surface area (Å²) in [5.74, 6) is 1.31. The molecule has 27 heavy (non-hydrogen) atoms. The van der Waals surface area contributed by atoms with Crippen LogP contribution in [0, 0.1) is 0 Å². The molecule has 1 amide bonds. The molecule has 1 heterocycles. The van der Waals surface area contributed by atoms with Crippen LogP contribution in [0.4, 0.5) is 11.6 Å².